The van der Waals surface area contributed by atoms with Gasteiger partial charge >= 0.3 is 0 Å². The van der Waals surface area contributed by atoms with Crippen LogP contribution in [0.2, 0.25) is 0 Å². The van der Waals surface area contributed by atoms with Crippen LogP contribution in [0, 0.1) is 10.5 Å². The van der Waals surface area contributed by atoms with Gasteiger partial charge in [0.1, 0.15) is 0 Å². The molecule has 0 saturated heterocycles. The molecule has 0 radical (unpaired) electrons. The Morgan fingerprint density at radius 2 is 1.68 bits per heavy atom. The highest BCUT2D eigenvalue weighted by molar-refractivity contribution is 14.1. The van der Waals surface area contributed by atoms with Crippen LogP contribution in [0.3, 0.4) is 0 Å². The maximum Gasteiger partial charge on any atom is 0.256 e. The van der Waals surface area contributed by atoms with Crippen LogP contribution in [0.4, 0.5) is 5.69 Å². The molecular formula is C26H36IN5O2. The zero-order chi connectivity index (χ0) is 24.9. The van der Waals surface area contributed by atoms with Gasteiger partial charge in [0, 0.05) is 48.0 Å². The van der Waals surface area contributed by atoms with Crippen LogP contribution in [0.25, 0.3) is 0 Å². The number of aryl methyl sites for hydroxylation is 1. The third-order valence-corrected chi connectivity index (χ3v) is 6.56. The zero-order valence-corrected chi connectivity index (χ0v) is 23.0. The summed E-state index contributed by atoms with van der Waals surface area (Å²) in [4.78, 5) is 28.0. The van der Waals surface area contributed by atoms with Crippen LogP contribution in [0.1, 0.15) is 37.5 Å². The van der Waals surface area contributed by atoms with Crippen LogP contribution in [0.5, 0.6) is 0 Å². The van der Waals surface area contributed by atoms with E-state index in [1.165, 1.54) is 11.1 Å². The molecule has 0 unspecified atom stereocenters. The molecule has 0 fully saturated rings. The lowest BCUT2D eigenvalue weighted by Crippen LogP contribution is -2.48. The summed E-state index contributed by atoms with van der Waals surface area (Å²) in [6.45, 7) is 11.2. The van der Waals surface area contributed by atoms with Gasteiger partial charge in [0.05, 0.1) is 13.1 Å². The quantitative estimate of drug-likeness (QED) is 0.354. The molecule has 2 amide bonds. The fourth-order valence-electron chi connectivity index (χ4n) is 3.97. The minimum atomic E-state index is -0.0991. The SMILES string of the molecule is Cc1ccc(I)cc1N(CC(=O)NCCNC(C)(C)C)CC(=O)N(C)N1Cc2ccccc2C1. The van der Waals surface area contributed by atoms with Gasteiger partial charge in [0.25, 0.3) is 5.91 Å². The van der Waals surface area contributed by atoms with Gasteiger partial charge in [-0.1, -0.05) is 30.3 Å². The van der Waals surface area contributed by atoms with Crippen LogP contribution in [-0.2, 0) is 22.7 Å². The number of hydrazine groups is 1. The molecule has 0 spiro atoms. The Bertz CT molecular complexity index is 995. The minimum Gasteiger partial charge on any atom is -0.353 e. The van der Waals surface area contributed by atoms with Crippen LogP contribution in [-0.4, -0.2) is 60.6 Å². The van der Waals surface area contributed by atoms with E-state index in [9.17, 15) is 9.59 Å². The highest BCUT2D eigenvalue weighted by Gasteiger charge is 2.27. The van der Waals surface area contributed by atoms with Crippen molar-refractivity contribution < 1.29 is 9.59 Å². The van der Waals surface area contributed by atoms with E-state index in [2.05, 4.69) is 66.1 Å². The van der Waals surface area contributed by atoms with Crippen LogP contribution >= 0.6 is 22.6 Å². The number of anilines is 1. The molecule has 3 rings (SSSR count). The van der Waals surface area contributed by atoms with E-state index in [4.69, 9.17) is 0 Å². The number of benzene rings is 2. The van der Waals surface area contributed by atoms with Gasteiger partial charge in [-0.05, 0) is 79.1 Å². The van der Waals surface area contributed by atoms with E-state index in [0.29, 0.717) is 26.2 Å². The molecule has 0 aliphatic carbocycles. The first-order valence-corrected chi connectivity index (χ1v) is 12.7. The molecule has 34 heavy (non-hydrogen) atoms. The number of likely N-dealkylation sites (N-methyl/N-ethyl adjacent to an activating group) is 1. The largest absolute Gasteiger partial charge is 0.353 e. The monoisotopic (exact) mass is 577 g/mol. The Morgan fingerprint density at radius 1 is 1.03 bits per heavy atom. The van der Waals surface area contributed by atoms with Crippen LogP contribution in [0.15, 0.2) is 42.5 Å². The number of halogens is 1. The second-order valence-corrected chi connectivity index (χ2v) is 11.1. The van der Waals surface area contributed by atoms with Crippen molar-refractivity contribution in [2.75, 3.05) is 38.1 Å². The van der Waals surface area contributed by atoms with Crippen molar-refractivity contribution in [3.63, 3.8) is 0 Å². The topological polar surface area (TPSA) is 67.9 Å². The minimum absolute atomic E-state index is 0.000829. The second-order valence-electron chi connectivity index (χ2n) is 9.82. The standard InChI is InChI=1S/C26H36IN5O2/c1-19-10-11-22(27)14-23(19)31(17-24(33)28-12-13-29-26(2,3)4)18-25(34)30(5)32-15-20-8-6-7-9-21(20)16-32/h6-11,14,29H,12-13,15-18H2,1-5H3,(H,28,33). The molecule has 2 aromatic carbocycles. The lowest BCUT2D eigenvalue weighted by Gasteiger charge is -2.32. The fraction of sp³-hybridized carbons (Fsp3) is 0.462. The number of hydrogen-bond donors (Lipinski definition) is 2. The molecule has 8 heteroatoms. The fourth-order valence-corrected chi connectivity index (χ4v) is 4.44. The summed E-state index contributed by atoms with van der Waals surface area (Å²) >= 11 is 2.26. The maximum absolute atomic E-state index is 13.3. The van der Waals surface area contributed by atoms with E-state index in [1.54, 1.807) is 5.01 Å². The van der Waals surface area contributed by atoms with Gasteiger partial charge in [-0.15, -0.1) is 0 Å². The lowest BCUT2D eigenvalue weighted by atomic mass is 10.1. The summed E-state index contributed by atoms with van der Waals surface area (Å²) in [5.41, 5.74) is 4.43. The molecule has 2 N–H and O–H groups in total. The Hall–Kier alpha value is -2.17. The zero-order valence-electron chi connectivity index (χ0n) is 20.8. The normalized spacial score (nSPS) is 13.5. The van der Waals surface area contributed by atoms with Crippen molar-refractivity contribution in [2.24, 2.45) is 0 Å². The number of amides is 2. The smallest absolute Gasteiger partial charge is 0.256 e. The van der Waals surface area contributed by atoms with E-state index < -0.39 is 0 Å². The number of hydrogen-bond acceptors (Lipinski definition) is 5. The Morgan fingerprint density at radius 3 is 2.29 bits per heavy atom. The average Bonchev–Trinajstić information content (AvgIpc) is 3.21. The molecule has 2 aromatic rings. The van der Waals surface area contributed by atoms with Gasteiger partial charge in [-0.3, -0.25) is 14.6 Å². The highest BCUT2D eigenvalue weighted by atomic mass is 127. The van der Waals surface area contributed by atoms with Gasteiger partial charge < -0.3 is 15.5 Å². The number of rotatable bonds is 9. The Kier molecular flexibility index (Phi) is 8.95. The first-order valence-electron chi connectivity index (χ1n) is 11.6. The molecule has 7 nitrogen and oxygen atoms in total. The summed E-state index contributed by atoms with van der Waals surface area (Å²) in [6, 6.07) is 14.4. The van der Waals surface area contributed by atoms with Gasteiger partial charge in [-0.25, -0.2) is 5.01 Å². The molecule has 0 saturated carbocycles. The Labute approximate surface area is 217 Å². The van der Waals surface area contributed by atoms with Crippen molar-refractivity contribution in [3.8, 4) is 0 Å². The molecule has 184 valence electrons. The number of carbonyl (C=O) groups excluding carboxylic acids is 2. The van der Waals surface area contributed by atoms with E-state index in [0.717, 1.165) is 14.8 Å². The van der Waals surface area contributed by atoms with Gasteiger partial charge in [0.2, 0.25) is 5.91 Å². The van der Waals surface area contributed by atoms with Gasteiger partial charge in [0.15, 0.2) is 0 Å². The summed E-state index contributed by atoms with van der Waals surface area (Å²) in [6.07, 6.45) is 0. The average molecular weight is 578 g/mol. The van der Waals surface area contributed by atoms with Crippen molar-refractivity contribution in [1.82, 2.24) is 20.7 Å². The first kappa shape index (κ1) is 26.4. The van der Waals surface area contributed by atoms with E-state index >= 15 is 0 Å². The van der Waals surface area contributed by atoms with Gasteiger partial charge in [-0.2, -0.15) is 0 Å². The van der Waals surface area contributed by atoms with E-state index in [-0.39, 0.29) is 30.4 Å². The number of carbonyl (C=O) groups is 2. The summed E-state index contributed by atoms with van der Waals surface area (Å²) in [5.74, 6) is -0.147. The highest BCUT2D eigenvalue weighted by Crippen LogP contribution is 2.25. The number of fused-ring (bicyclic) bond motifs is 1. The molecule has 1 heterocycles. The van der Waals surface area contributed by atoms with E-state index in [1.807, 2.05) is 54.2 Å². The second kappa shape index (κ2) is 11.5. The first-order chi connectivity index (χ1) is 16.0. The van der Waals surface area contributed by atoms with Crippen molar-refractivity contribution >= 4 is 40.1 Å². The molecule has 1 aliphatic heterocycles. The predicted octanol–water partition coefficient (Wildman–Crippen LogP) is 3.30. The van der Waals surface area contributed by atoms with Crippen molar-refractivity contribution in [1.29, 1.82) is 0 Å². The maximum atomic E-state index is 13.3. The Balaban J connectivity index is 1.67. The number of nitrogens with one attached hydrogen (secondary N) is 2. The molecule has 0 atom stereocenters. The summed E-state index contributed by atoms with van der Waals surface area (Å²) in [5, 5.41) is 10.1. The molecule has 0 aromatic heterocycles. The van der Waals surface area contributed by atoms with Crippen molar-refractivity contribution in [3.05, 3.63) is 62.7 Å². The third kappa shape index (κ3) is 7.41. The molecule has 0 bridgehead atoms. The summed E-state index contributed by atoms with van der Waals surface area (Å²) < 4.78 is 1.06. The predicted molar refractivity (Wildman–Crippen MR) is 145 cm³/mol. The third-order valence-electron chi connectivity index (χ3n) is 5.88. The molecular weight excluding hydrogens is 541 g/mol. The van der Waals surface area contributed by atoms with Crippen molar-refractivity contribution in [2.45, 2.75) is 46.3 Å². The molecule has 1 aliphatic rings. The lowest BCUT2D eigenvalue weighted by molar-refractivity contribution is -0.145. The summed E-state index contributed by atoms with van der Waals surface area (Å²) in [7, 11) is 1.81. The number of nitrogens with zero attached hydrogens (tertiary/aromatic N) is 3. The van der Waals surface area contributed by atoms with Crippen LogP contribution < -0.4 is 15.5 Å².